The molecule has 0 nitrogen and oxygen atoms in total. The van der Waals surface area contributed by atoms with Crippen LogP contribution >= 0.6 is 0 Å². The van der Waals surface area contributed by atoms with E-state index in [2.05, 4.69) is 151 Å². The van der Waals surface area contributed by atoms with Crippen LogP contribution in [-0.2, 0) is 18.3 Å². The van der Waals surface area contributed by atoms with Gasteiger partial charge in [-0.05, 0) is 0 Å². The first-order chi connectivity index (χ1) is 18.2. The summed E-state index contributed by atoms with van der Waals surface area (Å²) >= 11 is -4.22. The van der Waals surface area contributed by atoms with E-state index in [1.807, 2.05) is 0 Å². The molecule has 1 heteroatoms. The molecular weight excluding hydrogens is 536 g/mol. The van der Waals surface area contributed by atoms with Gasteiger partial charge in [0.2, 0.25) is 0 Å². The van der Waals surface area contributed by atoms with Gasteiger partial charge in [0.15, 0.2) is 0 Å². The van der Waals surface area contributed by atoms with Crippen molar-refractivity contribution in [2.45, 2.75) is 40.1 Å². The predicted molar refractivity (Wildman–Crippen MR) is 162 cm³/mol. The molecule has 0 saturated carbocycles. The van der Waals surface area contributed by atoms with Crippen molar-refractivity contribution in [2.24, 2.45) is 5.41 Å². The van der Waals surface area contributed by atoms with Crippen molar-refractivity contribution in [1.29, 1.82) is 0 Å². The van der Waals surface area contributed by atoms with Crippen LogP contribution in [0.3, 0.4) is 0 Å². The molecule has 2 aliphatic carbocycles. The van der Waals surface area contributed by atoms with Gasteiger partial charge in [-0.15, -0.1) is 0 Å². The maximum atomic E-state index is 2.74. The van der Waals surface area contributed by atoms with Crippen molar-refractivity contribution in [3.63, 3.8) is 0 Å². The molecule has 4 aromatic carbocycles. The second-order valence-corrected chi connectivity index (χ2v) is 29.5. The maximum absolute atomic E-state index is 4.22. The van der Waals surface area contributed by atoms with Crippen molar-refractivity contribution < 1.29 is 18.3 Å². The Labute approximate surface area is 229 Å². The van der Waals surface area contributed by atoms with Gasteiger partial charge in [-0.25, -0.2) is 0 Å². The van der Waals surface area contributed by atoms with Gasteiger partial charge in [0.05, 0.1) is 0 Å². The molecule has 0 unspecified atom stereocenters. The Morgan fingerprint density at radius 3 is 1.53 bits per heavy atom. The summed E-state index contributed by atoms with van der Waals surface area (Å²) < 4.78 is 9.14. The zero-order valence-electron chi connectivity index (χ0n) is 23.3. The quantitative estimate of drug-likeness (QED) is 0.228. The predicted octanol–water partition coefficient (Wildman–Crippen LogP) is 10.1. The van der Waals surface area contributed by atoms with Crippen LogP contribution in [0.5, 0.6) is 0 Å². The number of benzene rings is 4. The number of hydrogen-bond donors (Lipinski definition) is 0. The average molecular weight is 574 g/mol. The fourth-order valence-electron chi connectivity index (χ4n) is 7.43. The van der Waals surface area contributed by atoms with Crippen LogP contribution in [0, 0.1) is 5.41 Å². The first-order valence-electron chi connectivity index (χ1n) is 14.0. The monoisotopic (exact) mass is 572 g/mol. The molecule has 0 atom stereocenters. The second kappa shape index (κ2) is 9.10. The van der Waals surface area contributed by atoms with Gasteiger partial charge in [0.1, 0.15) is 0 Å². The average Bonchev–Trinajstić information content (AvgIpc) is 3.55. The minimum atomic E-state index is -4.22. The summed E-state index contributed by atoms with van der Waals surface area (Å²) in [5.74, 6) is 0. The van der Waals surface area contributed by atoms with E-state index in [1.54, 1.807) is 6.49 Å². The zero-order valence-corrected chi connectivity index (χ0v) is 25.8. The molecule has 0 fully saturated rings. The molecule has 0 spiro atoms. The van der Waals surface area contributed by atoms with Gasteiger partial charge in [0.25, 0.3) is 0 Å². The Hall–Kier alpha value is -2.89. The zero-order chi connectivity index (χ0) is 26.6. The van der Waals surface area contributed by atoms with Gasteiger partial charge in [-0.3, -0.25) is 0 Å². The summed E-state index contributed by atoms with van der Waals surface area (Å²) in [6.07, 6.45) is 6.20. The molecule has 190 valence electrons. The molecular formula is C37H38Zr. The third-order valence-corrected chi connectivity index (χ3v) is 26.0. The molecule has 0 aromatic heterocycles. The van der Waals surface area contributed by atoms with E-state index in [0.717, 1.165) is 6.42 Å². The molecule has 0 saturated heterocycles. The fraction of sp³-hybridized carbons (Fsp3) is 0.216. The molecule has 6 rings (SSSR count). The van der Waals surface area contributed by atoms with Crippen LogP contribution in [0.25, 0.3) is 11.1 Å². The first kappa shape index (κ1) is 25.4. The Bertz CT molecular complexity index is 1560. The van der Waals surface area contributed by atoms with Crippen LogP contribution in [0.4, 0.5) is 0 Å². The summed E-state index contributed by atoms with van der Waals surface area (Å²) in [5.41, 5.74) is 10.2. The van der Waals surface area contributed by atoms with Crippen LogP contribution in [0.2, 0.25) is 9.26 Å². The molecule has 0 N–H and O–H groups in total. The van der Waals surface area contributed by atoms with E-state index < -0.39 is 18.3 Å². The third kappa shape index (κ3) is 3.86. The standard InChI is InChI=1S/C13H9.C13H10.C9H13.2CH3.Zr/c1-3-7-12-10(5-1)9-11-6-2-4-8-13(11)12;1-3-7-12(8-4-1)11-13-9-5-2-6-10-13;1-9(2,3)8-6-4-5-7-8;;;/h1-9H;1-10H;6-7H,4H2,1-3H3;2*1H3;. The molecule has 0 aliphatic heterocycles. The number of allylic oxidation sites excluding steroid dienone is 4. The Morgan fingerprint density at radius 1 is 0.632 bits per heavy atom. The van der Waals surface area contributed by atoms with Crippen LogP contribution in [0.15, 0.2) is 130 Å². The van der Waals surface area contributed by atoms with Crippen molar-refractivity contribution in [3.8, 4) is 11.1 Å². The molecule has 4 aromatic rings. The summed E-state index contributed by atoms with van der Waals surface area (Å²) in [6.45, 7) is 7.06. The SMILES string of the molecule is CC(C)(C)C1=CC[C]([Zr]([CH3])([CH3])(=[C](c2ccccc2)c2ccccc2)[CH]2c3ccccc3-c3ccccc32)=C1. The van der Waals surface area contributed by atoms with Crippen molar-refractivity contribution in [2.75, 3.05) is 0 Å². The summed E-state index contributed by atoms with van der Waals surface area (Å²) in [6, 6.07) is 41.0. The van der Waals surface area contributed by atoms with E-state index in [4.69, 9.17) is 0 Å². The van der Waals surface area contributed by atoms with E-state index in [9.17, 15) is 0 Å². The van der Waals surface area contributed by atoms with Crippen LogP contribution in [-0.4, -0.2) is 3.21 Å². The first-order valence-corrected chi connectivity index (χ1v) is 22.8. The van der Waals surface area contributed by atoms with Gasteiger partial charge in [0, 0.05) is 0 Å². The molecule has 0 amide bonds. The van der Waals surface area contributed by atoms with Gasteiger partial charge in [-0.1, -0.05) is 0 Å². The van der Waals surface area contributed by atoms with E-state index >= 15 is 0 Å². The molecule has 0 heterocycles. The molecule has 2 aliphatic rings. The topological polar surface area (TPSA) is 0 Å². The van der Waals surface area contributed by atoms with Crippen LogP contribution < -0.4 is 0 Å². The normalized spacial score (nSPS) is 15.5. The number of fused-ring (bicyclic) bond motifs is 3. The minimum absolute atomic E-state index is 0.135. The van der Waals surface area contributed by atoms with Crippen molar-refractivity contribution in [1.82, 2.24) is 0 Å². The Morgan fingerprint density at radius 2 is 1.08 bits per heavy atom. The van der Waals surface area contributed by atoms with Crippen LogP contribution in [0.1, 0.15) is 53.1 Å². The molecule has 38 heavy (non-hydrogen) atoms. The summed E-state index contributed by atoms with van der Waals surface area (Å²) in [5, 5.41) is 0. The Balaban J connectivity index is 1.82. The van der Waals surface area contributed by atoms with Gasteiger partial charge >= 0.3 is 231 Å². The Kier molecular flexibility index (Phi) is 6.08. The fourth-order valence-corrected chi connectivity index (χ4v) is 24.1. The van der Waals surface area contributed by atoms with Crippen molar-refractivity contribution >= 4 is 3.21 Å². The molecule has 0 bridgehead atoms. The van der Waals surface area contributed by atoms with Gasteiger partial charge in [-0.2, -0.15) is 0 Å². The van der Waals surface area contributed by atoms with Gasteiger partial charge < -0.3 is 0 Å². The van der Waals surface area contributed by atoms with Crippen molar-refractivity contribution in [3.05, 3.63) is 152 Å². The van der Waals surface area contributed by atoms with E-state index in [0.29, 0.717) is 3.63 Å². The third-order valence-electron chi connectivity index (χ3n) is 9.32. The second-order valence-electron chi connectivity index (χ2n) is 13.0. The molecule has 0 radical (unpaired) electrons. The number of rotatable bonds is 4. The number of hydrogen-bond acceptors (Lipinski definition) is 0. The summed E-state index contributed by atoms with van der Waals surface area (Å²) in [4.78, 5) is 0. The van der Waals surface area contributed by atoms with E-state index in [-0.39, 0.29) is 5.41 Å². The van der Waals surface area contributed by atoms with E-state index in [1.165, 1.54) is 39.0 Å². The summed E-state index contributed by atoms with van der Waals surface area (Å²) in [7, 11) is 0.